The first-order chi connectivity index (χ1) is 9.53. The Bertz CT molecular complexity index is 667. The fraction of sp³-hybridized carbons (Fsp3) is 0.417. The number of rotatable bonds is 3. The van der Waals surface area contributed by atoms with Crippen LogP contribution in [0.4, 0.5) is 11.6 Å². The Balaban J connectivity index is 2.02. The largest absolute Gasteiger partial charge is 0.369 e. The lowest BCUT2D eigenvalue weighted by Crippen LogP contribution is -2.37. The van der Waals surface area contributed by atoms with Gasteiger partial charge in [0.25, 0.3) is 0 Å². The van der Waals surface area contributed by atoms with Crippen LogP contribution in [0.3, 0.4) is 0 Å². The first kappa shape index (κ1) is 12.7. The van der Waals surface area contributed by atoms with Gasteiger partial charge in [-0.1, -0.05) is 0 Å². The minimum absolute atomic E-state index is 0.285. The maximum absolute atomic E-state index is 11.6. The van der Waals surface area contributed by atoms with Crippen molar-refractivity contribution in [3.8, 4) is 0 Å². The van der Waals surface area contributed by atoms with Crippen LogP contribution in [0.25, 0.3) is 5.65 Å². The Hall–Kier alpha value is -2.35. The third kappa shape index (κ3) is 1.85. The molecule has 0 spiro atoms. The molecule has 1 atom stereocenters. The van der Waals surface area contributed by atoms with E-state index >= 15 is 0 Å². The highest BCUT2D eigenvalue weighted by Gasteiger charge is 2.40. The summed E-state index contributed by atoms with van der Waals surface area (Å²) in [5.74, 6) is 6.40. The van der Waals surface area contributed by atoms with E-state index in [4.69, 9.17) is 11.6 Å². The monoisotopic (exact) mass is 275 g/mol. The SMILES string of the molecule is CC1(C(N)=O)CCN(c2nc(NN)cn3ccnc23)C1. The van der Waals surface area contributed by atoms with Crippen LogP contribution in [0, 0.1) is 5.41 Å². The van der Waals surface area contributed by atoms with Crippen molar-refractivity contribution in [2.75, 3.05) is 23.4 Å². The van der Waals surface area contributed by atoms with Gasteiger partial charge in [-0.15, -0.1) is 0 Å². The van der Waals surface area contributed by atoms with E-state index in [2.05, 4.69) is 15.4 Å². The summed E-state index contributed by atoms with van der Waals surface area (Å²) in [5.41, 5.74) is 8.22. The zero-order valence-electron chi connectivity index (χ0n) is 11.2. The van der Waals surface area contributed by atoms with Gasteiger partial charge in [-0.25, -0.2) is 15.8 Å². The minimum atomic E-state index is -0.530. The van der Waals surface area contributed by atoms with Gasteiger partial charge in [-0.05, 0) is 13.3 Å². The Morgan fingerprint density at radius 2 is 2.35 bits per heavy atom. The van der Waals surface area contributed by atoms with Crippen molar-refractivity contribution in [3.05, 3.63) is 18.6 Å². The van der Waals surface area contributed by atoms with E-state index in [1.807, 2.05) is 22.4 Å². The number of nitrogens with two attached hydrogens (primary N) is 2. The lowest BCUT2D eigenvalue weighted by molar-refractivity contribution is -0.125. The highest BCUT2D eigenvalue weighted by Crippen LogP contribution is 2.33. The van der Waals surface area contributed by atoms with Crippen molar-refractivity contribution in [1.82, 2.24) is 14.4 Å². The fourth-order valence-electron chi connectivity index (χ4n) is 2.54. The van der Waals surface area contributed by atoms with Crippen molar-refractivity contribution in [3.63, 3.8) is 0 Å². The van der Waals surface area contributed by atoms with Gasteiger partial charge in [0.15, 0.2) is 17.3 Å². The zero-order valence-corrected chi connectivity index (χ0v) is 11.2. The lowest BCUT2D eigenvalue weighted by atomic mass is 9.89. The molecule has 1 saturated heterocycles. The molecule has 0 radical (unpaired) electrons. The summed E-state index contributed by atoms with van der Waals surface area (Å²) in [6.45, 7) is 3.12. The first-order valence-electron chi connectivity index (χ1n) is 6.39. The van der Waals surface area contributed by atoms with Crippen LogP contribution in [0.2, 0.25) is 0 Å². The van der Waals surface area contributed by atoms with Crippen LogP contribution in [0.5, 0.6) is 0 Å². The fourth-order valence-corrected chi connectivity index (χ4v) is 2.54. The molecule has 8 nitrogen and oxygen atoms in total. The van der Waals surface area contributed by atoms with E-state index in [1.54, 1.807) is 12.4 Å². The third-order valence-corrected chi connectivity index (χ3v) is 3.87. The van der Waals surface area contributed by atoms with Crippen molar-refractivity contribution in [2.45, 2.75) is 13.3 Å². The second-order valence-corrected chi connectivity index (χ2v) is 5.35. The zero-order chi connectivity index (χ0) is 14.3. The molecule has 0 aromatic carbocycles. The summed E-state index contributed by atoms with van der Waals surface area (Å²) >= 11 is 0. The molecule has 20 heavy (non-hydrogen) atoms. The van der Waals surface area contributed by atoms with E-state index in [-0.39, 0.29) is 5.91 Å². The molecule has 2 aromatic rings. The number of nitrogen functional groups attached to an aromatic ring is 1. The van der Waals surface area contributed by atoms with Crippen molar-refractivity contribution < 1.29 is 4.79 Å². The molecular weight excluding hydrogens is 258 g/mol. The summed E-state index contributed by atoms with van der Waals surface area (Å²) < 4.78 is 1.84. The molecule has 0 bridgehead atoms. The number of amides is 1. The van der Waals surface area contributed by atoms with Gasteiger partial charge in [-0.3, -0.25) is 4.79 Å². The second kappa shape index (κ2) is 4.34. The molecule has 3 heterocycles. The maximum atomic E-state index is 11.6. The van der Waals surface area contributed by atoms with E-state index in [0.29, 0.717) is 31.1 Å². The quantitative estimate of drug-likeness (QED) is 0.524. The van der Waals surface area contributed by atoms with E-state index in [0.717, 1.165) is 5.65 Å². The molecule has 1 aliphatic rings. The van der Waals surface area contributed by atoms with Crippen LogP contribution in [0.1, 0.15) is 13.3 Å². The number of imidazole rings is 1. The van der Waals surface area contributed by atoms with Gasteiger partial charge < -0.3 is 20.5 Å². The summed E-state index contributed by atoms with van der Waals surface area (Å²) in [4.78, 5) is 22.3. The van der Waals surface area contributed by atoms with Crippen LogP contribution < -0.4 is 21.9 Å². The van der Waals surface area contributed by atoms with E-state index in [1.165, 1.54) is 0 Å². The molecule has 106 valence electrons. The summed E-state index contributed by atoms with van der Waals surface area (Å²) in [7, 11) is 0. The van der Waals surface area contributed by atoms with Crippen LogP contribution in [0.15, 0.2) is 18.6 Å². The van der Waals surface area contributed by atoms with Gasteiger partial charge in [0, 0.05) is 25.5 Å². The van der Waals surface area contributed by atoms with Gasteiger partial charge in [0.2, 0.25) is 5.91 Å². The molecule has 2 aromatic heterocycles. The summed E-state index contributed by atoms with van der Waals surface area (Å²) in [6.07, 6.45) is 5.99. The molecule has 1 unspecified atom stereocenters. The molecule has 0 aliphatic carbocycles. The normalized spacial score (nSPS) is 22.4. The predicted octanol–water partition coefficient (Wildman–Crippen LogP) is -0.283. The predicted molar refractivity (Wildman–Crippen MR) is 74.9 cm³/mol. The number of hydrazine groups is 1. The highest BCUT2D eigenvalue weighted by atomic mass is 16.1. The Kier molecular flexibility index (Phi) is 2.75. The average molecular weight is 275 g/mol. The number of nitrogens with zero attached hydrogens (tertiary/aromatic N) is 4. The van der Waals surface area contributed by atoms with E-state index < -0.39 is 5.41 Å². The Labute approximate surface area is 115 Å². The molecule has 1 amide bonds. The highest BCUT2D eigenvalue weighted by molar-refractivity contribution is 5.82. The number of anilines is 2. The Morgan fingerprint density at radius 1 is 1.55 bits per heavy atom. The number of aromatic nitrogens is 3. The molecular formula is C12H17N7O. The van der Waals surface area contributed by atoms with Crippen LogP contribution in [-0.4, -0.2) is 33.4 Å². The number of primary amides is 1. The van der Waals surface area contributed by atoms with Gasteiger partial charge in [-0.2, -0.15) is 0 Å². The summed E-state index contributed by atoms with van der Waals surface area (Å²) in [6, 6.07) is 0. The van der Waals surface area contributed by atoms with E-state index in [9.17, 15) is 4.79 Å². The number of fused-ring (bicyclic) bond motifs is 1. The molecule has 1 fully saturated rings. The number of hydrogen-bond donors (Lipinski definition) is 3. The average Bonchev–Trinajstić information content (AvgIpc) is 3.04. The van der Waals surface area contributed by atoms with Crippen molar-refractivity contribution in [2.24, 2.45) is 17.0 Å². The third-order valence-electron chi connectivity index (χ3n) is 3.87. The summed E-state index contributed by atoms with van der Waals surface area (Å²) in [5, 5.41) is 0. The molecule has 8 heteroatoms. The van der Waals surface area contributed by atoms with Crippen molar-refractivity contribution in [1.29, 1.82) is 0 Å². The topological polar surface area (TPSA) is 115 Å². The molecule has 1 aliphatic heterocycles. The second-order valence-electron chi connectivity index (χ2n) is 5.35. The number of hydrogen-bond acceptors (Lipinski definition) is 6. The number of nitrogens with one attached hydrogen (secondary N) is 1. The smallest absolute Gasteiger partial charge is 0.225 e. The first-order valence-corrected chi connectivity index (χ1v) is 6.39. The lowest BCUT2D eigenvalue weighted by Gasteiger charge is -2.22. The Morgan fingerprint density at radius 3 is 3.00 bits per heavy atom. The van der Waals surface area contributed by atoms with Crippen LogP contribution in [-0.2, 0) is 4.79 Å². The van der Waals surface area contributed by atoms with Crippen molar-refractivity contribution >= 4 is 23.2 Å². The standard InChI is InChI=1S/C12H17N7O/c1-12(11(13)20)2-4-19(7-12)10-9-15-3-5-18(9)6-8(16-10)17-14/h3,5-6,17H,2,4,7,14H2,1H3,(H2,13,20). The van der Waals surface area contributed by atoms with Gasteiger partial charge >= 0.3 is 0 Å². The van der Waals surface area contributed by atoms with Crippen LogP contribution >= 0.6 is 0 Å². The molecule has 0 saturated carbocycles. The van der Waals surface area contributed by atoms with Gasteiger partial charge in [0.1, 0.15) is 0 Å². The molecule has 5 N–H and O–H groups in total. The minimum Gasteiger partial charge on any atom is -0.369 e. The number of carbonyl (C=O) groups is 1. The maximum Gasteiger partial charge on any atom is 0.225 e. The number of carbonyl (C=O) groups excluding carboxylic acids is 1. The van der Waals surface area contributed by atoms with Gasteiger partial charge in [0.05, 0.1) is 11.6 Å². The molecule has 3 rings (SSSR count).